The van der Waals surface area contributed by atoms with E-state index < -0.39 is 11.8 Å². The van der Waals surface area contributed by atoms with Crippen molar-refractivity contribution in [3.05, 3.63) is 65.0 Å². The summed E-state index contributed by atoms with van der Waals surface area (Å²) in [7, 11) is 1.61. The molecular formula is C25H27N3O3. The number of hydrogen-bond donors (Lipinski definition) is 1. The van der Waals surface area contributed by atoms with Crippen LogP contribution in [0.4, 0.5) is 5.82 Å². The zero-order valence-corrected chi connectivity index (χ0v) is 18.3. The molecule has 1 aromatic heterocycles. The van der Waals surface area contributed by atoms with Crippen LogP contribution < -0.4 is 10.1 Å². The van der Waals surface area contributed by atoms with Crippen molar-refractivity contribution < 1.29 is 14.3 Å². The van der Waals surface area contributed by atoms with Crippen molar-refractivity contribution in [1.29, 1.82) is 0 Å². The standard InChI is InChI=1S/C25H27N3O3/c1-14-11-19-24(20(29)12-14)23(17-8-6-9-18(13-17)31-4)22(16(3)27-19)25(30)28-21-10-5-7-15(2)26-21/h5-10,13-14,23-24H,11-12H2,1-4H3,(H,26,28,30)/t14-,23-,24+/m0/s1. The van der Waals surface area contributed by atoms with Gasteiger partial charge in [0, 0.05) is 35.0 Å². The van der Waals surface area contributed by atoms with E-state index in [0.717, 1.165) is 23.4 Å². The number of rotatable bonds is 4. The summed E-state index contributed by atoms with van der Waals surface area (Å²) < 4.78 is 5.42. The van der Waals surface area contributed by atoms with E-state index >= 15 is 0 Å². The van der Waals surface area contributed by atoms with Gasteiger partial charge in [0.15, 0.2) is 0 Å². The van der Waals surface area contributed by atoms with Crippen LogP contribution in [0, 0.1) is 18.8 Å². The third-order valence-electron chi connectivity index (χ3n) is 5.99. The van der Waals surface area contributed by atoms with Gasteiger partial charge in [0.1, 0.15) is 17.4 Å². The maximum atomic E-state index is 13.5. The number of nitrogens with zero attached hydrogens (tertiary/aromatic N) is 2. The Balaban J connectivity index is 1.81. The first-order chi connectivity index (χ1) is 14.9. The maximum Gasteiger partial charge on any atom is 0.255 e. The van der Waals surface area contributed by atoms with Gasteiger partial charge in [-0.3, -0.25) is 14.6 Å². The molecule has 6 heteroatoms. The number of carbonyl (C=O) groups is 2. The molecule has 1 fully saturated rings. The van der Waals surface area contributed by atoms with E-state index in [2.05, 4.69) is 17.2 Å². The maximum absolute atomic E-state index is 13.5. The monoisotopic (exact) mass is 417 g/mol. The van der Waals surface area contributed by atoms with Crippen LogP contribution in [-0.2, 0) is 9.59 Å². The molecule has 160 valence electrons. The van der Waals surface area contributed by atoms with Crippen molar-refractivity contribution in [2.75, 3.05) is 12.4 Å². The fourth-order valence-corrected chi connectivity index (χ4v) is 4.67. The molecule has 2 heterocycles. The smallest absolute Gasteiger partial charge is 0.255 e. The van der Waals surface area contributed by atoms with Gasteiger partial charge in [-0.15, -0.1) is 0 Å². The SMILES string of the molecule is COc1cccc([C@H]2C(C(=O)Nc3cccc(C)n3)=C(C)N=C3C[C@H](C)CC(=O)[C@@H]32)c1. The molecule has 1 aliphatic heterocycles. The van der Waals surface area contributed by atoms with Crippen molar-refractivity contribution in [2.24, 2.45) is 16.8 Å². The Morgan fingerprint density at radius 3 is 2.61 bits per heavy atom. The Bertz CT molecular complexity index is 1100. The number of methoxy groups -OCH3 is 1. The lowest BCUT2D eigenvalue weighted by atomic mass is 9.67. The summed E-state index contributed by atoms with van der Waals surface area (Å²) in [6, 6.07) is 13.1. The van der Waals surface area contributed by atoms with E-state index in [4.69, 9.17) is 9.73 Å². The zero-order chi connectivity index (χ0) is 22.1. The van der Waals surface area contributed by atoms with E-state index in [1.807, 2.05) is 50.2 Å². The van der Waals surface area contributed by atoms with Crippen molar-refractivity contribution in [3.63, 3.8) is 0 Å². The Labute approximate surface area is 182 Å². The van der Waals surface area contributed by atoms with Gasteiger partial charge in [0.25, 0.3) is 5.91 Å². The fraction of sp³-hybridized carbons (Fsp3) is 0.360. The second-order valence-corrected chi connectivity index (χ2v) is 8.43. The molecule has 1 saturated carbocycles. The molecule has 4 rings (SSSR count). The highest BCUT2D eigenvalue weighted by Gasteiger charge is 2.44. The number of fused-ring (bicyclic) bond motifs is 1. The number of anilines is 1. The number of ketones is 1. The molecule has 1 aromatic carbocycles. The molecule has 0 bridgehead atoms. The van der Waals surface area contributed by atoms with Crippen LogP contribution in [0.2, 0.25) is 0 Å². The number of carbonyl (C=O) groups excluding carboxylic acids is 2. The van der Waals surface area contributed by atoms with Gasteiger partial charge in [-0.2, -0.15) is 0 Å². The lowest BCUT2D eigenvalue weighted by Crippen LogP contribution is -2.41. The Morgan fingerprint density at radius 1 is 1.10 bits per heavy atom. The third-order valence-corrected chi connectivity index (χ3v) is 5.99. The Hall–Kier alpha value is -3.28. The number of allylic oxidation sites excluding steroid dienone is 1. The van der Waals surface area contributed by atoms with Crippen molar-refractivity contribution in [2.45, 2.75) is 39.5 Å². The van der Waals surface area contributed by atoms with Crippen LogP contribution in [0.3, 0.4) is 0 Å². The van der Waals surface area contributed by atoms with Crippen molar-refractivity contribution in [1.82, 2.24) is 4.98 Å². The van der Waals surface area contributed by atoms with E-state index in [1.54, 1.807) is 13.2 Å². The van der Waals surface area contributed by atoms with Gasteiger partial charge >= 0.3 is 0 Å². The second kappa shape index (κ2) is 8.46. The lowest BCUT2D eigenvalue weighted by Gasteiger charge is -2.37. The number of aliphatic imine (C=N–C) groups is 1. The quantitative estimate of drug-likeness (QED) is 0.796. The highest BCUT2D eigenvalue weighted by molar-refractivity contribution is 6.14. The normalized spacial score (nSPS) is 23.2. The average Bonchev–Trinajstić information content (AvgIpc) is 2.72. The molecule has 0 spiro atoms. The number of aromatic nitrogens is 1. The molecule has 1 aliphatic carbocycles. The number of ether oxygens (including phenoxy) is 1. The lowest BCUT2D eigenvalue weighted by molar-refractivity contribution is -0.123. The molecule has 2 aromatic rings. The number of aryl methyl sites for hydroxylation is 1. The first-order valence-electron chi connectivity index (χ1n) is 10.6. The molecule has 0 saturated heterocycles. The number of amides is 1. The molecule has 1 amide bonds. The largest absolute Gasteiger partial charge is 0.497 e. The number of nitrogens with one attached hydrogen (secondary N) is 1. The van der Waals surface area contributed by atoms with E-state index in [1.165, 1.54) is 0 Å². The minimum atomic E-state index is -0.432. The van der Waals surface area contributed by atoms with Crippen LogP contribution in [0.15, 0.2) is 58.7 Å². The zero-order valence-electron chi connectivity index (χ0n) is 18.3. The number of Topliss-reactive ketones (excluding diaryl/α,β-unsaturated/α-hetero) is 1. The molecule has 0 unspecified atom stereocenters. The second-order valence-electron chi connectivity index (χ2n) is 8.43. The average molecular weight is 418 g/mol. The predicted octanol–water partition coefficient (Wildman–Crippen LogP) is 4.46. The molecule has 31 heavy (non-hydrogen) atoms. The van der Waals surface area contributed by atoms with Crippen LogP contribution >= 0.6 is 0 Å². The summed E-state index contributed by atoms with van der Waals surface area (Å²) >= 11 is 0. The molecule has 6 nitrogen and oxygen atoms in total. The van der Waals surface area contributed by atoms with Gasteiger partial charge < -0.3 is 10.1 Å². The number of benzene rings is 1. The number of hydrogen-bond acceptors (Lipinski definition) is 5. The summed E-state index contributed by atoms with van der Waals surface area (Å²) in [6.45, 7) is 5.79. The first-order valence-corrected chi connectivity index (χ1v) is 10.6. The van der Waals surface area contributed by atoms with E-state index in [9.17, 15) is 9.59 Å². The molecular weight excluding hydrogens is 390 g/mol. The fourth-order valence-electron chi connectivity index (χ4n) is 4.67. The molecule has 2 aliphatic rings. The summed E-state index contributed by atoms with van der Waals surface area (Å²) in [5.41, 5.74) is 3.72. The van der Waals surface area contributed by atoms with Gasteiger partial charge in [0.05, 0.1) is 13.0 Å². The summed E-state index contributed by atoms with van der Waals surface area (Å²) in [6.07, 6.45) is 1.26. The molecule has 1 N–H and O–H groups in total. The van der Waals surface area contributed by atoms with Gasteiger partial charge in [-0.05, 0) is 56.0 Å². The number of pyridine rings is 1. The third kappa shape index (κ3) is 4.15. The van der Waals surface area contributed by atoms with Crippen LogP contribution in [-0.4, -0.2) is 29.5 Å². The van der Waals surface area contributed by atoms with E-state index in [-0.39, 0.29) is 17.6 Å². The Morgan fingerprint density at radius 2 is 1.87 bits per heavy atom. The van der Waals surface area contributed by atoms with Gasteiger partial charge in [-0.1, -0.05) is 25.1 Å². The van der Waals surface area contributed by atoms with Gasteiger partial charge in [0.2, 0.25) is 0 Å². The highest BCUT2D eigenvalue weighted by Crippen LogP contribution is 2.44. The van der Waals surface area contributed by atoms with Crippen LogP contribution in [0.5, 0.6) is 5.75 Å². The predicted molar refractivity (Wildman–Crippen MR) is 120 cm³/mol. The van der Waals surface area contributed by atoms with Crippen LogP contribution in [0.1, 0.15) is 43.9 Å². The first kappa shape index (κ1) is 21.0. The van der Waals surface area contributed by atoms with Crippen LogP contribution in [0.25, 0.3) is 0 Å². The molecule has 0 radical (unpaired) electrons. The minimum absolute atomic E-state index is 0.136. The highest BCUT2D eigenvalue weighted by atomic mass is 16.5. The van der Waals surface area contributed by atoms with Crippen molar-refractivity contribution >= 4 is 23.2 Å². The topological polar surface area (TPSA) is 80.7 Å². The minimum Gasteiger partial charge on any atom is -0.497 e. The summed E-state index contributed by atoms with van der Waals surface area (Å²) in [5, 5.41) is 2.91. The Kier molecular flexibility index (Phi) is 5.72. The summed E-state index contributed by atoms with van der Waals surface area (Å²) in [4.78, 5) is 35.8. The molecule has 3 atom stereocenters. The summed E-state index contributed by atoms with van der Waals surface area (Å²) in [5.74, 6) is 0.442. The van der Waals surface area contributed by atoms with E-state index in [0.29, 0.717) is 29.3 Å². The van der Waals surface area contributed by atoms with Crippen molar-refractivity contribution in [3.8, 4) is 5.75 Å². The van der Waals surface area contributed by atoms with Gasteiger partial charge in [-0.25, -0.2) is 4.98 Å².